The van der Waals surface area contributed by atoms with Crippen LogP contribution in [-0.4, -0.2) is 18.1 Å². The second-order valence-electron chi connectivity index (χ2n) is 4.86. The van der Waals surface area contributed by atoms with Gasteiger partial charge in [-0.05, 0) is 49.4 Å². The van der Waals surface area contributed by atoms with Crippen molar-refractivity contribution in [1.82, 2.24) is 10.3 Å². The number of hydrogen-bond donors (Lipinski definition) is 1. The molecular weight excluding hydrogens is 215 g/mol. The predicted octanol–water partition coefficient (Wildman–Crippen LogP) is 3.10. The van der Waals surface area contributed by atoms with Crippen LogP contribution in [0, 0.1) is 11.7 Å². The molecule has 94 valence electrons. The summed E-state index contributed by atoms with van der Waals surface area (Å²) in [4.78, 5) is 3.84. The molecule has 3 heteroatoms. The minimum Gasteiger partial charge on any atom is -0.317 e. The van der Waals surface area contributed by atoms with Gasteiger partial charge in [0.25, 0.3) is 0 Å². The van der Waals surface area contributed by atoms with Crippen molar-refractivity contribution in [3.8, 4) is 0 Å². The third-order valence-electron chi connectivity index (χ3n) is 3.77. The van der Waals surface area contributed by atoms with Crippen LogP contribution >= 0.6 is 0 Å². The maximum atomic E-state index is 13.8. The molecule has 1 fully saturated rings. The summed E-state index contributed by atoms with van der Waals surface area (Å²) in [6.45, 7) is 4.11. The Kier molecular flexibility index (Phi) is 4.49. The third kappa shape index (κ3) is 3.03. The molecule has 1 N–H and O–H groups in total. The Morgan fingerprint density at radius 3 is 3.00 bits per heavy atom. The fraction of sp³-hybridized carbons (Fsp3) is 0.643. The lowest BCUT2D eigenvalue weighted by atomic mass is 9.75. The second-order valence-corrected chi connectivity index (χ2v) is 4.86. The first-order valence-electron chi connectivity index (χ1n) is 6.63. The zero-order chi connectivity index (χ0) is 12.1. The van der Waals surface area contributed by atoms with E-state index in [-0.39, 0.29) is 5.82 Å². The zero-order valence-corrected chi connectivity index (χ0v) is 10.5. The van der Waals surface area contributed by atoms with Gasteiger partial charge in [-0.3, -0.25) is 4.98 Å². The van der Waals surface area contributed by atoms with E-state index in [1.807, 2.05) is 6.07 Å². The SMILES string of the molecule is CCNCC1CCCCC1c1ccncc1F. The van der Waals surface area contributed by atoms with Crippen LogP contribution in [-0.2, 0) is 0 Å². The highest BCUT2D eigenvalue weighted by Crippen LogP contribution is 2.38. The van der Waals surface area contributed by atoms with Crippen molar-refractivity contribution in [2.45, 2.75) is 38.5 Å². The van der Waals surface area contributed by atoms with Crippen LogP contribution in [0.15, 0.2) is 18.5 Å². The zero-order valence-electron chi connectivity index (χ0n) is 10.5. The number of hydrogen-bond acceptors (Lipinski definition) is 2. The van der Waals surface area contributed by atoms with Gasteiger partial charge < -0.3 is 5.32 Å². The molecule has 1 aliphatic rings. The Labute approximate surface area is 103 Å². The Balaban J connectivity index is 2.13. The predicted molar refractivity (Wildman–Crippen MR) is 67.4 cm³/mol. The van der Waals surface area contributed by atoms with E-state index in [2.05, 4.69) is 17.2 Å². The molecular formula is C14H21FN2. The monoisotopic (exact) mass is 236 g/mol. The summed E-state index contributed by atoms with van der Waals surface area (Å²) in [5.74, 6) is 0.798. The molecule has 2 rings (SSSR count). The van der Waals surface area contributed by atoms with Gasteiger partial charge in [-0.2, -0.15) is 0 Å². The largest absolute Gasteiger partial charge is 0.317 e. The van der Waals surface area contributed by atoms with Gasteiger partial charge in [0.05, 0.1) is 6.20 Å². The maximum Gasteiger partial charge on any atom is 0.144 e. The Hall–Kier alpha value is -0.960. The highest BCUT2D eigenvalue weighted by molar-refractivity contribution is 5.19. The lowest BCUT2D eigenvalue weighted by Crippen LogP contribution is -2.29. The molecule has 0 aromatic carbocycles. The Morgan fingerprint density at radius 1 is 1.41 bits per heavy atom. The minimum atomic E-state index is -0.138. The lowest BCUT2D eigenvalue weighted by Gasteiger charge is -2.32. The summed E-state index contributed by atoms with van der Waals surface area (Å²) in [7, 11) is 0. The fourth-order valence-electron chi connectivity index (χ4n) is 2.88. The van der Waals surface area contributed by atoms with Gasteiger partial charge in [0.2, 0.25) is 0 Å². The molecule has 1 saturated carbocycles. The molecule has 17 heavy (non-hydrogen) atoms. The standard InChI is InChI=1S/C14H21FN2/c1-2-16-9-11-5-3-4-6-12(11)13-7-8-17-10-14(13)15/h7-8,10-12,16H,2-6,9H2,1H3. The van der Waals surface area contributed by atoms with Crippen molar-refractivity contribution >= 4 is 0 Å². The first kappa shape index (κ1) is 12.5. The topological polar surface area (TPSA) is 24.9 Å². The second kappa shape index (κ2) is 6.10. The molecule has 0 bridgehead atoms. The van der Waals surface area contributed by atoms with Crippen LogP contribution in [0.5, 0.6) is 0 Å². The summed E-state index contributed by atoms with van der Waals surface area (Å²) in [5, 5.41) is 3.40. The molecule has 0 saturated heterocycles. The summed E-state index contributed by atoms with van der Waals surface area (Å²) in [6.07, 6.45) is 7.86. The van der Waals surface area contributed by atoms with Crippen molar-refractivity contribution in [1.29, 1.82) is 0 Å². The van der Waals surface area contributed by atoms with Gasteiger partial charge in [0.1, 0.15) is 5.82 Å². The lowest BCUT2D eigenvalue weighted by molar-refractivity contribution is 0.291. The summed E-state index contributed by atoms with van der Waals surface area (Å²) in [6, 6.07) is 1.85. The average molecular weight is 236 g/mol. The van der Waals surface area contributed by atoms with Gasteiger partial charge in [-0.1, -0.05) is 19.8 Å². The molecule has 0 radical (unpaired) electrons. The van der Waals surface area contributed by atoms with Gasteiger partial charge in [-0.25, -0.2) is 4.39 Å². The Morgan fingerprint density at radius 2 is 2.24 bits per heavy atom. The summed E-state index contributed by atoms with van der Waals surface area (Å²) < 4.78 is 13.8. The molecule has 0 spiro atoms. The van der Waals surface area contributed by atoms with Crippen LogP contribution in [0.1, 0.15) is 44.1 Å². The van der Waals surface area contributed by atoms with Crippen LogP contribution in [0.4, 0.5) is 4.39 Å². The van der Waals surface area contributed by atoms with E-state index in [9.17, 15) is 4.39 Å². The number of nitrogens with one attached hydrogen (secondary N) is 1. The van der Waals surface area contributed by atoms with E-state index in [0.29, 0.717) is 11.8 Å². The number of nitrogens with zero attached hydrogens (tertiary/aromatic N) is 1. The van der Waals surface area contributed by atoms with Crippen molar-refractivity contribution in [3.05, 3.63) is 29.8 Å². The molecule has 1 aromatic rings. The highest BCUT2D eigenvalue weighted by atomic mass is 19.1. The molecule has 0 aliphatic heterocycles. The van der Waals surface area contributed by atoms with E-state index < -0.39 is 0 Å². The van der Waals surface area contributed by atoms with Gasteiger partial charge in [0.15, 0.2) is 0 Å². The Bertz CT molecular complexity index is 354. The van der Waals surface area contributed by atoms with Crippen molar-refractivity contribution in [3.63, 3.8) is 0 Å². The van der Waals surface area contributed by atoms with Crippen molar-refractivity contribution in [2.75, 3.05) is 13.1 Å². The van der Waals surface area contributed by atoms with Crippen molar-refractivity contribution < 1.29 is 4.39 Å². The summed E-state index contributed by atoms with van der Waals surface area (Å²) in [5.41, 5.74) is 0.864. The first-order valence-corrected chi connectivity index (χ1v) is 6.63. The number of rotatable bonds is 4. The summed E-state index contributed by atoms with van der Waals surface area (Å²) >= 11 is 0. The van der Waals surface area contributed by atoms with Crippen LogP contribution in [0.3, 0.4) is 0 Å². The fourth-order valence-corrected chi connectivity index (χ4v) is 2.88. The van der Waals surface area contributed by atoms with Crippen LogP contribution in [0.2, 0.25) is 0 Å². The first-order chi connectivity index (χ1) is 8.33. The van der Waals surface area contributed by atoms with Gasteiger partial charge in [-0.15, -0.1) is 0 Å². The number of halogens is 1. The highest BCUT2D eigenvalue weighted by Gasteiger charge is 2.27. The van der Waals surface area contributed by atoms with Crippen molar-refractivity contribution in [2.24, 2.45) is 5.92 Å². The van der Waals surface area contributed by atoms with Crippen LogP contribution in [0.25, 0.3) is 0 Å². The van der Waals surface area contributed by atoms with Crippen LogP contribution < -0.4 is 5.32 Å². The molecule has 2 unspecified atom stereocenters. The molecule has 0 amide bonds. The molecule has 2 nitrogen and oxygen atoms in total. The third-order valence-corrected chi connectivity index (χ3v) is 3.77. The van der Waals surface area contributed by atoms with E-state index in [4.69, 9.17) is 0 Å². The number of pyridine rings is 1. The van der Waals surface area contributed by atoms with E-state index in [1.54, 1.807) is 6.20 Å². The van der Waals surface area contributed by atoms with E-state index in [1.165, 1.54) is 25.5 Å². The molecule has 1 heterocycles. The smallest absolute Gasteiger partial charge is 0.144 e. The number of aromatic nitrogens is 1. The van der Waals surface area contributed by atoms with Gasteiger partial charge >= 0.3 is 0 Å². The molecule has 1 aromatic heterocycles. The maximum absolute atomic E-state index is 13.8. The van der Waals surface area contributed by atoms with Gasteiger partial charge in [0, 0.05) is 6.20 Å². The average Bonchev–Trinajstić information content (AvgIpc) is 2.37. The minimum absolute atomic E-state index is 0.138. The molecule has 2 atom stereocenters. The normalized spacial score (nSPS) is 24.8. The van der Waals surface area contributed by atoms with E-state index in [0.717, 1.165) is 25.1 Å². The quantitative estimate of drug-likeness (QED) is 0.869. The van der Waals surface area contributed by atoms with E-state index >= 15 is 0 Å². The molecule has 1 aliphatic carbocycles.